The van der Waals surface area contributed by atoms with Gasteiger partial charge in [0.05, 0.1) is 17.0 Å². The third-order valence-electron chi connectivity index (χ3n) is 7.80. The fourth-order valence-electron chi connectivity index (χ4n) is 5.28. The molecule has 1 aliphatic carbocycles. The Morgan fingerprint density at radius 3 is 2.62 bits per heavy atom. The summed E-state index contributed by atoms with van der Waals surface area (Å²) in [5, 5.41) is 20.7. The number of likely N-dealkylation sites (tertiary alicyclic amines) is 1. The predicted molar refractivity (Wildman–Crippen MR) is 153 cm³/mol. The monoisotopic (exact) mass is 548 g/mol. The fourth-order valence-corrected chi connectivity index (χ4v) is 5.28. The van der Waals surface area contributed by atoms with E-state index >= 15 is 0 Å². The molecule has 1 atom stereocenters. The molecule has 2 fully saturated rings. The highest BCUT2D eigenvalue weighted by atomic mass is 16.5. The van der Waals surface area contributed by atoms with Crippen LogP contribution in [0.25, 0.3) is 22.6 Å². The van der Waals surface area contributed by atoms with E-state index in [1.54, 1.807) is 7.05 Å². The number of aryl methyl sites for hydroxylation is 2. The van der Waals surface area contributed by atoms with E-state index in [2.05, 4.69) is 15.8 Å². The van der Waals surface area contributed by atoms with Gasteiger partial charge in [-0.2, -0.15) is 0 Å². The fraction of sp³-hybridized carbons (Fsp3) is 0.533. The summed E-state index contributed by atoms with van der Waals surface area (Å²) in [6, 6.07) is 7.61. The second kappa shape index (κ2) is 12.3. The molecule has 5 rings (SSSR count). The summed E-state index contributed by atoms with van der Waals surface area (Å²) in [6.07, 6.45) is 3.47. The van der Waals surface area contributed by atoms with Crippen molar-refractivity contribution in [2.24, 2.45) is 11.8 Å². The molecule has 1 saturated heterocycles. The molecule has 0 radical (unpaired) electrons. The zero-order valence-electron chi connectivity index (χ0n) is 23.9. The maximum Gasteiger partial charge on any atom is 0.225 e. The minimum absolute atomic E-state index is 0.182. The first-order valence-corrected chi connectivity index (χ1v) is 14.2. The van der Waals surface area contributed by atoms with Crippen LogP contribution in [-0.4, -0.2) is 77.0 Å². The third-order valence-corrected chi connectivity index (χ3v) is 7.80. The van der Waals surface area contributed by atoms with E-state index in [0.29, 0.717) is 35.7 Å². The van der Waals surface area contributed by atoms with Gasteiger partial charge < -0.3 is 29.9 Å². The largest absolute Gasteiger partial charge is 0.491 e. The zero-order valence-corrected chi connectivity index (χ0v) is 23.9. The number of nitrogens with one attached hydrogen (secondary N) is 2. The first kappa shape index (κ1) is 28.0. The van der Waals surface area contributed by atoms with Crippen molar-refractivity contribution in [3.8, 4) is 28.4 Å². The molecule has 0 spiro atoms. The molecule has 3 aromatic rings. The van der Waals surface area contributed by atoms with Crippen LogP contribution in [0.2, 0.25) is 0 Å². The number of aromatic nitrogens is 3. The lowest BCUT2D eigenvalue weighted by Crippen LogP contribution is -2.40. The molecule has 1 saturated carbocycles. The Balaban J connectivity index is 1.37. The number of likely N-dealkylation sites (N-methyl/N-ethyl adjacent to an activating group) is 1. The summed E-state index contributed by atoms with van der Waals surface area (Å²) in [7, 11) is 1.79. The van der Waals surface area contributed by atoms with Crippen molar-refractivity contribution in [1.82, 2.24) is 25.3 Å². The Bertz CT molecular complexity index is 1310. The number of aliphatic hydroxyl groups excluding tert-OH is 1. The Kier molecular flexibility index (Phi) is 8.66. The molecule has 10 heteroatoms. The minimum Gasteiger partial charge on any atom is -0.491 e. The zero-order chi connectivity index (χ0) is 28.2. The van der Waals surface area contributed by atoms with Crippen molar-refractivity contribution in [3.05, 3.63) is 41.3 Å². The van der Waals surface area contributed by atoms with Gasteiger partial charge in [0.2, 0.25) is 5.91 Å². The van der Waals surface area contributed by atoms with Gasteiger partial charge in [-0.25, -0.2) is 9.97 Å². The van der Waals surface area contributed by atoms with E-state index < -0.39 is 6.10 Å². The third kappa shape index (κ3) is 6.45. The van der Waals surface area contributed by atoms with Gasteiger partial charge in [0.25, 0.3) is 0 Å². The smallest absolute Gasteiger partial charge is 0.225 e. The summed E-state index contributed by atoms with van der Waals surface area (Å²) >= 11 is 0. The molecule has 10 nitrogen and oxygen atoms in total. The number of ether oxygens (including phenoxy) is 1. The SMILES string of the molecule is CNCC(O)COc1cccc(-c2nc(NCC3CCN(C(=O)C4CC4)CC3)c(C)c(-c3c(C)noc3C)n2)c1. The summed E-state index contributed by atoms with van der Waals surface area (Å²) in [4.78, 5) is 24.4. The van der Waals surface area contributed by atoms with E-state index in [9.17, 15) is 9.90 Å². The molecule has 1 amide bonds. The second-order valence-corrected chi connectivity index (χ2v) is 11.0. The maximum atomic E-state index is 12.5. The van der Waals surface area contributed by atoms with Gasteiger partial charge in [-0.1, -0.05) is 17.3 Å². The van der Waals surface area contributed by atoms with Crippen molar-refractivity contribution in [2.75, 3.05) is 45.2 Å². The quantitative estimate of drug-likeness (QED) is 0.328. The molecule has 1 aliphatic heterocycles. The standard InChI is InChI=1S/C30H40N6O4/c1-18-27(26-19(2)35-40-20(26)3)33-29(23-6-5-7-25(14-23)39-17-24(37)16-31-4)34-28(18)32-15-21-10-12-36(13-11-21)30(38)22-8-9-22/h5-7,14,21-22,24,31,37H,8-13,15-17H2,1-4H3,(H,32,33,34). The van der Waals surface area contributed by atoms with Crippen LogP contribution in [0.4, 0.5) is 5.82 Å². The molecular formula is C30H40N6O4. The van der Waals surface area contributed by atoms with Gasteiger partial charge in [-0.3, -0.25) is 4.79 Å². The Morgan fingerprint density at radius 2 is 1.95 bits per heavy atom. The lowest BCUT2D eigenvalue weighted by atomic mass is 9.96. The van der Waals surface area contributed by atoms with Crippen molar-refractivity contribution >= 4 is 11.7 Å². The molecule has 3 N–H and O–H groups in total. The highest BCUT2D eigenvalue weighted by Gasteiger charge is 2.35. The molecule has 214 valence electrons. The van der Waals surface area contributed by atoms with E-state index in [4.69, 9.17) is 19.2 Å². The second-order valence-electron chi connectivity index (χ2n) is 11.0. The van der Waals surface area contributed by atoms with Crippen LogP contribution >= 0.6 is 0 Å². The number of piperidine rings is 1. The lowest BCUT2D eigenvalue weighted by molar-refractivity contribution is -0.133. The highest BCUT2D eigenvalue weighted by molar-refractivity contribution is 5.81. The van der Waals surface area contributed by atoms with E-state index in [1.165, 1.54) is 0 Å². The van der Waals surface area contributed by atoms with Crippen LogP contribution in [0.5, 0.6) is 5.75 Å². The van der Waals surface area contributed by atoms with Crippen LogP contribution in [0, 0.1) is 32.6 Å². The molecule has 3 heterocycles. The van der Waals surface area contributed by atoms with Crippen LogP contribution < -0.4 is 15.4 Å². The first-order chi connectivity index (χ1) is 19.3. The number of hydrogen-bond acceptors (Lipinski definition) is 9. The van der Waals surface area contributed by atoms with Gasteiger partial charge >= 0.3 is 0 Å². The number of hydrogen-bond donors (Lipinski definition) is 3. The summed E-state index contributed by atoms with van der Waals surface area (Å²) < 4.78 is 11.3. The van der Waals surface area contributed by atoms with Gasteiger partial charge in [0.15, 0.2) is 5.82 Å². The highest BCUT2D eigenvalue weighted by Crippen LogP contribution is 2.35. The number of rotatable bonds is 11. The number of benzene rings is 1. The molecule has 1 unspecified atom stereocenters. The number of amides is 1. The number of carbonyl (C=O) groups is 1. The van der Waals surface area contributed by atoms with Crippen molar-refractivity contribution in [1.29, 1.82) is 0 Å². The van der Waals surface area contributed by atoms with Crippen molar-refractivity contribution in [3.63, 3.8) is 0 Å². The van der Waals surface area contributed by atoms with Crippen LogP contribution in [-0.2, 0) is 4.79 Å². The number of nitrogens with zero attached hydrogens (tertiary/aromatic N) is 4. The Morgan fingerprint density at radius 1 is 1.18 bits per heavy atom. The number of anilines is 1. The molecule has 0 bridgehead atoms. The van der Waals surface area contributed by atoms with Gasteiger partial charge in [0, 0.05) is 43.2 Å². The van der Waals surface area contributed by atoms with E-state index in [0.717, 1.165) is 79.2 Å². The van der Waals surface area contributed by atoms with E-state index in [1.807, 2.05) is 49.9 Å². The first-order valence-electron chi connectivity index (χ1n) is 14.2. The Labute approximate surface area is 235 Å². The summed E-state index contributed by atoms with van der Waals surface area (Å²) in [5.41, 5.74) is 4.17. The molecule has 2 aliphatic rings. The summed E-state index contributed by atoms with van der Waals surface area (Å²) in [5.74, 6) is 3.76. The maximum absolute atomic E-state index is 12.5. The van der Waals surface area contributed by atoms with Crippen LogP contribution in [0.15, 0.2) is 28.8 Å². The minimum atomic E-state index is -0.607. The number of aliphatic hydroxyl groups is 1. The summed E-state index contributed by atoms with van der Waals surface area (Å²) in [6.45, 7) is 8.90. The normalized spacial score (nSPS) is 16.7. The van der Waals surface area contributed by atoms with Crippen LogP contribution in [0.3, 0.4) is 0 Å². The van der Waals surface area contributed by atoms with Gasteiger partial charge in [-0.05, 0) is 71.6 Å². The molecule has 1 aromatic carbocycles. The topological polar surface area (TPSA) is 126 Å². The Hall–Kier alpha value is -3.50. The van der Waals surface area contributed by atoms with Crippen molar-refractivity contribution < 1.29 is 19.2 Å². The van der Waals surface area contributed by atoms with Gasteiger partial charge in [-0.15, -0.1) is 0 Å². The average Bonchev–Trinajstić information content (AvgIpc) is 3.76. The molecule has 2 aromatic heterocycles. The van der Waals surface area contributed by atoms with E-state index in [-0.39, 0.29) is 12.5 Å². The molecule has 40 heavy (non-hydrogen) atoms. The van der Waals surface area contributed by atoms with Crippen molar-refractivity contribution in [2.45, 2.75) is 52.6 Å². The average molecular weight is 549 g/mol. The van der Waals surface area contributed by atoms with Crippen LogP contribution in [0.1, 0.15) is 42.7 Å². The van der Waals surface area contributed by atoms with Gasteiger partial charge in [0.1, 0.15) is 30.0 Å². The number of carbonyl (C=O) groups excluding carboxylic acids is 1. The molecular weight excluding hydrogens is 508 g/mol. The lowest BCUT2D eigenvalue weighted by Gasteiger charge is -2.32. The predicted octanol–water partition coefficient (Wildman–Crippen LogP) is 3.74.